The second-order valence-corrected chi connectivity index (χ2v) is 4.11. The van der Waals surface area contributed by atoms with Gasteiger partial charge in [0.25, 0.3) is 6.33 Å². The average molecular weight is 207 g/mol. The number of aromatic nitrogens is 2. The van der Waals surface area contributed by atoms with Crippen molar-refractivity contribution in [2.75, 3.05) is 0 Å². The maximum Gasteiger partial charge on any atom is 0.286 e. The van der Waals surface area contributed by atoms with Gasteiger partial charge in [-0.15, -0.1) is 0 Å². The molecule has 2 nitrogen and oxygen atoms in total. The Kier molecular flexibility index (Phi) is 6.80. The van der Waals surface area contributed by atoms with Crippen LogP contribution in [0.5, 0.6) is 0 Å². The number of aryl methyl sites for hydroxylation is 1. The monoisotopic (exact) mass is 207 g/mol. The molecule has 0 atom stereocenters. The molecule has 0 saturated heterocycles. The first-order chi connectivity index (χ1) is 7.43. The minimum atomic E-state index is 1.11. The van der Waals surface area contributed by atoms with Gasteiger partial charge in [-0.1, -0.05) is 44.0 Å². The van der Waals surface area contributed by atoms with E-state index in [9.17, 15) is 0 Å². The van der Waals surface area contributed by atoms with Gasteiger partial charge in [0.15, 0.2) is 0 Å². The Balaban J connectivity index is 1.93. The molecular weight excluding hydrogens is 184 g/mol. The second-order valence-electron chi connectivity index (χ2n) is 4.11. The molecule has 2 heteroatoms. The first-order valence-corrected chi connectivity index (χ1v) is 6.22. The fraction of sp³-hybridized carbons (Fsp3) is 0.692. The zero-order chi connectivity index (χ0) is 10.8. The third kappa shape index (κ3) is 6.21. The van der Waals surface area contributed by atoms with Gasteiger partial charge in [0.2, 0.25) is 0 Å². The van der Waals surface area contributed by atoms with E-state index in [-0.39, 0.29) is 0 Å². The predicted molar refractivity (Wildman–Crippen MR) is 62.4 cm³/mol. The molecule has 0 aromatic carbocycles. The van der Waals surface area contributed by atoms with Crippen molar-refractivity contribution >= 4 is 0 Å². The fourth-order valence-electron chi connectivity index (χ4n) is 1.75. The van der Waals surface area contributed by atoms with Crippen LogP contribution in [0, 0.1) is 0 Å². The lowest BCUT2D eigenvalue weighted by Gasteiger charge is -2.00. The Morgan fingerprint density at radius 2 is 1.73 bits per heavy atom. The number of hydrogen-bond donors (Lipinski definition) is 0. The van der Waals surface area contributed by atoms with E-state index in [2.05, 4.69) is 22.7 Å². The maximum absolute atomic E-state index is 4.09. The van der Waals surface area contributed by atoms with Gasteiger partial charge in [-0.05, 0) is 12.8 Å². The summed E-state index contributed by atoms with van der Waals surface area (Å²) in [6, 6.07) is 1.99. The molecule has 0 amide bonds. The summed E-state index contributed by atoms with van der Waals surface area (Å²) in [4.78, 5) is 4.09. The van der Waals surface area contributed by atoms with Crippen molar-refractivity contribution in [2.45, 2.75) is 58.4 Å². The summed E-state index contributed by atoms with van der Waals surface area (Å²) >= 11 is 0. The van der Waals surface area contributed by atoms with Crippen molar-refractivity contribution in [3.63, 3.8) is 0 Å². The van der Waals surface area contributed by atoms with Crippen LogP contribution >= 0.6 is 0 Å². The zero-order valence-corrected chi connectivity index (χ0v) is 9.86. The van der Waals surface area contributed by atoms with Crippen molar-refractivity contribution < 1.29 is 4.57 Å². The van der Waals surface area contributed by atoms with E-state index in [0.29, 0.717) is 0 Å². The lowest BCUT2D eigenvalue weighted by molar-refractivity contribution is -0.700. The highest BCUT2D eigenvalue weighted by atomic mass is 15.0. The summed E-state index contributed by atoms with van der Waals surface area (Å²) in [5.74, 6) is 0. The molecule has 15 heavy (non-hydrogen) atoms. The summed E-state index contributed by atoms with van der Waals surface area (Å²) in [5.41, 5.74) is 0. The largest absolute Gasteiger partial charge is 0.286 e. The molecule has 0 N–H and O–H groups in total. The smallest absolute Gasteiger partial charge is 0.237 e. The third-order valence-corrected chi connectivity index (χ3v) is 2.68. The van der Waals surface area contributed by atoms with Crippen molar-refractivity contribution in [3.8, 4) is 0 Å². The van der Waals surface area contributed by atoms with Gasteiger partial charge in [-0.2, -0.15) is 0 Å². The normalized spacial score (nSPS) is 10.5. The highest BCUT2D eigenvalue weighted by Gasteiger charge is 1.95. The van der Waals surface area contributed by atoms with Crippen molar-refractivity contribution in [3.05, 3.63) is 24.8 Å². The first kappa shape index (κ1) is 12.2. The molecule has 0 fully saturated rings. The molecule has 1 aromatic heterocycles. The van der Waals surface area contributed by atoms with Crippen molar-refractivity contribution in [1.82, 2.24) is 4.98 Å². The van der Waals surface area contributed by atoms with E-state index in [1.165, 1.54) is 44.9 Å². The Morgan fingerprint density at radius 1 is 1.00 bits per heavy atom. The van der Waals surface area contributed by atoms with Gasteiger partial charge in [0.1, 0.15) is 6.20 Å². The summed E-state index contributed by atoms with van der Waals surface area (Å²) in [7, 11) is 0. The van der Waals surface area contributed by atoms with Crippen LogP contribution in [-0.4, -0.2) is 4.98 Å². The standard InChI is InChI=1S/C13H23N2/c1-2-3-4-5-6-7-8-11-15-12-9-10-14-13-15/h9-10,12-13H,2-8,11H2,1H3/q+1. The molecule has 0 unspecified atom stereocenters. The van der Waals surface area contributed by atoms with E-state index in [1.54, 1.807) is 0 Å². The van der Waals surface area contributed by atoms with E-state index in [1.807, 2.05) is 18.6 Å². The van der Waals surface area contributed by atoms with E-state index in [0.717, 1.165) is 6.54 Å². The van der Waals surface area contributed by atoms with Gasteiger partial charge in [-0.25, -0.2) is 4.57 Å². The van der Waals surface area contributed by atoms with Crippen LogP contribution < -0.4 is 4.57 Å². The number of nitrogens with zero attached hydrogens (tertiary/aromatic N) is 2. The summed E-state index contributed by atoms with van der Waals surface area (Å²) in [6.45, 7) is 3.38. The molecule has 0 spiro atoms. The number of unbranched alkanes of at least 4 members (excludes halogenated alkanes) is 6. The molecule has 0 aliphatic rings. The molecule has 1 rings (SSSR count). The highest BCUT2D eigenvalue weighted by Crippen LogP contribution is 2.06. The van der Waals surface area contributed by atoms with Crippen LogP contribution in [0.3, 0.4) is 0 Å². The molecule has 1 aromatic rings. The van der Waals surface area contributed by atoms with Crippen molar-refractivity contribution in [2.24, 2.45) is 0 Å². The van der Waals surface area contributed by atoms with Crippen LogP contribution in [0.25, 0.3) is 0 Å². The quantitative estimate of drug-likeness (QED) is 0.473. The second kappa shape index (κ2) is 8.39. The van der Waals surface area contributed by atoms with Gasteiger partial charge in [0, 0.05) is 6.07 Å². The number of hydrogen-bond acceptors (Lipinski definition) is 1. The Bertz CT molecular complexity index is 234. The molecule has 84 valence electrons. The van der Waals surface area contributed by atoms with E-state index < -0.39 is 0 Å². The summed E-state index contributed by atoms with van der Waals surface area (Å²) in [6.07, 6.45) is 15.4. The Labute approximate surface area is 93.4 Å². The lowest BCUT2D eigenvalue weighted by atomic mass is 10.1. The maximum atomic E-state index is 4.09. The molecule has 0 bridgehead atoms. The molecule has 0 aliphatic heterocycles. The minimum Gasteiger partial charge on any atom is -0.237 e. The van der Waals surface area contributed by atoms with Gasteiger partial charge >= 0.3 is 0 Å². The van der Waals surface area contributed by atoms with Crippen LogP contribution in [0.4, 0.5) is 0 Å². The topological polar surface area (TPSA) is 16.8 Å². The first-order valence-electron chi connectivity index (χ1n) is 6.22. The average Bonchev–Trinajstić information content (AvgIpc) is 2.29. The highest BCUT2D eigenvalue weighted by molar-refractivity contribution is 4.68. The summed E-state index contributed by atoms with van der Waals surface area (Å²) < 4.78 is 2.16. The SMILES string of the molecule is CCCCCCCCC[n+]1cccnc1. The Hall–Kier alpha value is -0.920. The fourth-order valence-corrected chi connectivity index (χ4v) is 1.75. The van der Waals surface area contributed by atoms with Crippen LogP contribution in [0.2, 0.25) is 0 Å². The third-order valence-electron chi connectivity index (χ3n) is 2.68. The Morgan fingerprint density at radius 3 is 2.40 bits per heavy atom. The molecule has 0 saturated carbocycles. The molecule has 1 heterocycles. The predicted octanol–water partition coefficient (Wildman–Crippen LogP) is 3.12. The van der Waals surface area contributed by atoms with Crippen molar-refractivity contribution in [1.29, 1.82) is 0 Å². The summed E-state index contributed by atoms with van der Waals surface area (Å²) in [5, 5.41) is 0. The van der Waals surface area contributed by atoms with E-state index in [4.69, 9.17) is 0 Å². The van der Waals surface area contributed by atoms with Gasteiger partial charge < -0.3 is 0 Å². The molecular formula is C13H23N2+. The molecule has 0 aliphatic carbocycles. The number of rotatable bonds is 8. The van der Waals surface area contributed by atoms with Crippen LogP contribution in [0.1, 0.15) is 51.9 Å². The van der Waals surface area contributed by atoms with Crippen LogP contribution in [0.15, 0.2) is 24.8 Å². The lowest BCUT2D eigenvalue weighted by Crippen LogP contribution is -2.32. The van der Waals surface area contributed by atoms with E-state index >= 15 is 0 Å². The minimum absolute atomic E-state index is 1.11. The van der Waals surface area contributed by atoms with Gasteiger partial charge in [-0.3, -0.25) is 0 Å². The van der Waals surface area contributed by atoms with Crippen LogP contribution in [-0.2, 0) is 6.54 Å². The zero-order valence-electron chi connectivity index (χ0n) is 9.86. The molecule has 0 radical (unpaired) electrons. The van der Waals surface area contributed by atoms with Gasteiger partial charge in [0.05, 0.1) is 12.7 Å².